The van der Waals surface area contributed by atoms with Gasteiger partial charge in [0, 0.05) is 11.8 Å². The molecule has 23 heavy (non-hydrogen) atoms. The number of allylic oxidation sites excluding steroid dienone is 1. The van der Waals surface area contributed by atoms with Gasteiger partial charge in [0.25, 0.3) is 0 Å². The summed E-state index contributed by atoms with van der Waals surface area (Å²) in [6, 6.07) is 7.00. The Hall–Kier alpha value is -2.31. The zero-order chi connectivity index (χ0) is 16.6. The number of carbonyl (C=O) groups is 1. The van der Waals surface area contributed by atoms with Gasteiger partial charge in [0.2, 0.25) is 5.91 Å². The summed E-state index contributed by atoms with van der Waals surface area (Å²) in [5.74, 6) is 1.00. The average Bonchev–Trinajstić information content (AvgIpc) is 3.01. The number of primary amides is 1. The van der Waals surface area contributed by atoms with E-state index in [9.17, 15) is 9.90 Å². The van der Waals surface area contributed by atoms with Crippen LogP contribution >= 0.6 is 0 Å². The third kappa shape index (κ3) is 3.09. The molecule has 1 aromatic carbocycles. The summed E-state index contributed by atoms with van der Waals surface area (Å²) in [7, 11) is 0. The molecule has 1 amide bonds. The molecule has 0 spiro atoms. The van der Waals surface area contributed by atoms with Crippen LogP contribution in [0.3, 0.4) is 0 Å². The molecular weight excluding hydrogens is 296 g/mol. The monoisotopic (exact) mass is 316 g/mol. The molecule has 1 aromatic heterocycles. The Morgan fingerprint density at radius 2 is 2.22 bits per heavy atom. The van der Waals surface area contributed by atoms with Crippen molar-refractivity contribution >= 4 is 16.9 Å². The maximum Gasteiger partial charge on any atom is 0.240 e. The maximum absolute atomic E-state index is 11.4. The number of hydroxylamine groups is 2. The van der Waals surface area contributed by atoms with Crippen LogP contribution in [0, 0.1) is 6.92 Å². The van der Waals surface area contributed by atoms with E-state index in [4.69, 9.17) is 15.0 Å². The quantitative estimate of drug-likeness (QED) is 0.875. The second-order valence-corrected chi connectivity index (χ2v) is 5.83. The van der Waals surface area contributed by atoms with Crippen LogP contribution in [0.2, 0.25) is 0 Å². The van der Waals surface area contributed by atoms with E-state index < -0.39 is 11.9 Å². The Balaban J connectivity index is 1.75. The zero-order valence-corrected chi connectivity index (χ0v) is 13.2. The summed E-state index contributed by atoms with van der Waals surface area (Å²) in [6.45, 7) is 3.43. The number of fused-ring (bicyclic) bond motifs is 1. The van der Waals surface area contributed by atoms with E-state index in [1.165, 1.54) is 5.06 Å². The molecule has 0 fully saturated rings. The molecule has 0 saturated carbocycles. The van der Waals surface area contributed by atoms with Gasteiger partial charge in [-0.05, 0) is 43.7 Å². The van der Waals surface area contributed by atoms with Crippen LogP contribution in [0.4, 0.5) is 0 Å². The van der Waals surface area contributed by atoms with E-state index >= 15 is 0 Å². The van der Waals surface area contributed by atoms with Crippen molar-refractivity contribution in [2.24, 2.45) is 5.73 Å². The first-order valence-corrected chi connectivity index (χ1v) is 7.54. The third-order valence-corrected chi connectivity index (χ3v) is 3.94. The molecule has 0 radical (unpaired) electrons. The number of rotatable bonds is 5. The maximum atomic E-state index is 11.4. The fourth-order valence-corrected chi connectivity index (χ4v) is 2.86. The highest BCUT2D eigenvalue weighted by Gasteiger charge is 2.33. The highest BCUT2D eigenvalue weighted by atomic mass is 16.7. The number of furan rings is 1. The van der Waals surface area contributed by atoms with Crippen molar-refractivity contribution in [2.75, 3.05) is 6.61 Å². The predicted molar refractivity (Wildman–Crippen MR) is 85.2 cm³/mol. The van der Waals surface area contributed by atoms with Gasteiger partial charge in [0.1, 0.15) is 23.1 Å². The molecule has 3 rings (SSSR count). The molecule has 2 aromatic rings. The first-order chi connectivity index (χ1) is 11.0. The summed E-state index contributed by atoms with van der Waals surface area (Å²) < 4.78 is 5.57. The Morgan fingerprint density at radius 3 is 2.91 bits per heavy atom. The van der Waals surface area contributed by atoms with Gasteiger partial charge in [-0.1, -0.05) is 6.07 Å². The minimum atomic E-state index is -0.849. The van der Waals surface area contributed by atoms with Crippen LogP contribution < -0.4 is 5.73 Å². The number of amides is 1. The first kappa shape index (κ1) is 15.6. The molecule has 122 valence electrons. The zero-order valence-electron chi connectivity index (χ0n) is 13.2. The first-order valence-electron chi connectivity index (χ1n) is 7.54. The van der Waals surface area contributed by atoms with Crippen molar-refractivity contribution in [3.63, 3.8) is 0 Å². The number of hydrogen-bond donors (Lipinski definition) is 2. The summed E-state index contributed by atoms with van der Waals surface area (Å²) in [4.78, 5) is 17.1. The third-order valence-electron chi connectivity index (χ3n) is 3.94. The molecule has 1 aliphatic rings. The second-order valence-electron chi connectivity index (χ2n) is 5.83. The lowest BCUT2D eigenvalue weighted by atomic mass is 10.1. The van der Waals surface area contributed by atoms with Gasteiger partial charge in [-0.2, -0.15) is 0 Å². The molecule has 6 heteroatoms. The Kier molecular flexibility index (Phi) is 4.11. The number of carbonyl (C=O) groups excluding carboxylic acids is 1. The minimum Gasteiger partial charge on any atom is -0.461 e. The number of aryl methyl sites for hydroxylation is 1. The summed E-state index contributed by atoms with van der Waals surface area (Å²) in [5, 5.41) is 11.8. The highest BCUT2D eigenvalue weighted by Crippen LogP contribution is 2.26. The van der Waals surface area contributed by atoms with Gasteiger partial charge < -0.3 is 20.1 Å². The molecule has 2 heterocycles. The van der Waals surface area contributed by atoms with Crippen molar-refractivity contribution in [1.82, 2.24) is 5.06 Å². The molecule has 6 nitrogen and oxygen atoms in total. The Morgan fingerprint density at radius 1 is 1.43 bits per heavy atom. The van der Waals surface area contributed by atoms with E-state index in [0.717, 1.165) is 28.1 Å². The lowest BCUT2D eigenvalue weighted by Gasteiger charge is -2.26. The minimum absolute atomic E-state index is 0.130. The fourth-order valence-electron chi connectivity index (χ4n) is 2.86. The van der Waals surface area contributed by atoms with Gasteiger partial charge in [-0.3, -0.25) is 4.79 Å². The second kappa shape index (κ2) is 6.06. The summed E-state index contributed by atoms with van der Waals surface area (Å²) >= 11 is 0. The molecule has 2 atom stereocenters. The van der Waals surface area contributed by atoms with Gasteiger partial charge in [0.05, 0.1) is 12.6 Å². The van der Waals surface area contributed by atoms with Gasteiger partial charge in [0.15, 0.2) is 0 Å². The van der Waals surface area contributed by atoms with Crippen molar-refractivity contribution in [1.29, 1.82) is 0 Å². The number of benzene rings is 1. The normalized spacial score (nSPS) is 19.6. The number of hydrogen-bond acceptors (Lipinski definition) is 5. The largest absolute Gasteiger partial charge is 0.461 e. The van der Waals surface area contributed by atoms with E-state index in [0.29, 0.717) is 6.42 Å². The number of aliphatic hydroxyl groups is 1. The SMILES string of the molecule is Cc1cc2cc(CC3=C[C@H](C)N(C(CO)C(N)=O)O3)ccc2o1. The van der Waals surface area contributed by atoms with E-state index in [2.05, 4.69) is 6.07 Å². The van der Waals surface area contributed by atoms with E-state index in [-0.39, 0.29) is 12.6 Å². The molecule has 0 saturated heterocycles. The van der Waals surface area contributed by atoms with Crippen LogP contribution in [-0.2, 0) is 16.1 Å². The Labute approximate surface area is 134 Å². The topological polar surface area (TPSA) is 88.9 Å². The van der Waals surface area contributed by atoms with E-state index in [1.54, 1.807) is 0 Å². The molecule has 3 N–H and O–H groups in total. The van der Waals surface area contributed by atoms with Gasteiger partial charge >= 0.3 is 0 Å². The number of nitrogens with two attached hydrogens (primary N) is 1. The highest BCUT2D eigenvalue weighted by molar-refractivity contribution is 5.80. The van der Waals surface area contributed by atoms with Crippen LogP contribution in [0.5, 0.6) is 0 Å². The smallest absolute Gasteiger partial charge is 0.240 e. The van der Waals surface area contributed by atoms with E-state index in [1.807, 2.05) is 38.1 Å². The molecule has 0 bridgehead atoms. The summed E-state index contributed by atoms with van der Waals surface area (Å²) in [6.07, 6.45) is 2.52. The molecule has 1 unspecified atom stereocenters. The molecule has 0 aliphatic carbocycles. The van der Waals surface area contributed by atoms with Crippen LogP contribution in [0.15, 0.2) is 40.5 Å². The van der Waals surface area contributed by atoms with Gasteiger partial charge in [-0.25, -0.2) is 0 Å². The predicted octanol–water partition coefficient (Wildman–Crippen LogP) is 1.65. The van der Waals surface area contributed by atoms with Crippen molar-refractivity contribution in [3.05, 3.63) is 47.4 Å². The standard InChI is InChI=1S/C17H20N2O4/c1-10-5-14(23-19(10)15(9-20)17(18)21)8-12-3-4-16-13(7-12)6-11(2)22-16/h3-7,10,15,20H,8-9H2,1-2H3,(H2,18,21)/t10-,15?/m0/s1. The number of nitrogens with zero attached hydrogens (tertiary/aromatic N) is 1. The lowest BCUT2D eigenvalue weighted by Crippen LogP contribution is -2.48. The Bertz CT molecular complexity index is 765. The summed E-state index contributed by atoms with van der Waals surface area (Å²) in [5.41, 5.74) is 7.24. The average molecular weight is 316 g/mol. The van der Waals surface area contributed by atoms with Crippen molar-refractivity contribution in [3.8, 4) is 0 Å². The van der Waals surface area contributed by atoms with Gasteiger partial charge in [-0.15, -0.1) is 5.06 Å². The molecular formula is C17H20N2O4. The van der Waals surface area contributed by atoms with Crippen molar-refractivity contribution < 1.29 is 19.2 Å². The molecule has 1 aliphatic heterocycles. The van der Waals surface area contributed by atoms with Crippen LogP contribution in [0.25, 0.3) is 11.0 Å². The number of aliphatic hydroxyl groups excluding tert-OH is 1. The van der Waals surface area contributed by atoms with Crippen LogP contribution in [0.1, 0.15) is 18.2 Å². The van der Waals surface area contributed by atoms with Crippen molar-refractivity contribution in [2.45, 2.75) is 32.4 Å². The fraction of sp³-hybridized carbons (Fsp3) is 0.353. The lowest BCUT2D eigenvalue weighted by molar-refractivity contribution is -0.168. The van der Waals surface area contributed by atoms with Crippen LogP contribution in [-0.4, -0.2) is 34.8 Å².